The van der Waals surface area contributed by atoms with E-state index >= 15 is 0 Å². The molecule has 0 bridgehead atoms. The van der Waals surface area contributed by atoms with Crippen LogP contribution in [0, 0.1) is 11.8 Å². The fraction of sp³-hybridized carbons (Fsp3) is 0.500. The van der Waals surface area contributed by atoms with Crippen molar-refractivity contribution in [2.75, 3.05) is 45.9 Å². The molecule has 150 valence electrons. The summed E-state index contributed by atoms with van der Waals surface area (Å²) in [4.78, 5) is 6.56. The summed E-state index contributed by atoms with van der Waals surface area (Å²) in [6.07, 6.45) is -3.42. The first-order valence-electron chi connectivity index (χ1n) is 8.45. The van der Waals surface area contributed by atoms with Crippen LogP contribution in [0.3, 0.4) is 0 Å². The van der Waals surface area contributed by atoms with E-state index in [1.54, 1.807) is 0 Å². The van der Waals surface area contributed by atoms with Gasteiger partial charge < -0.3 is 15.8 Å². The first kappa shape index (κ1) is 23.5. The molecule has 9 heteroatoms. The van der Waals surface area contributed by atoms with Crippen molar-refractivity contribution < 1.29 is 17.9 Å². The second-order valence-corrected chi connectivity index (χ2v) is 5.80. The predicted octanol–water partition coefficient (Wildman–Crippen LogP) is 2.30. The molecule has 0 atom stereocenters. The largest absolute Gasteiger partial charge is 0.416 e. The zero-order valence-corrected chi connectivity index (χ0v) is 17.2. The van der Waals surface area contributed by atoms with Gasteiger partial charge >= 0.3 is 6.18 Å². The third kappa shape index (κ3) is 9.30. The van der Waals surface area contributed by atoms with Crippen LogP contribution in [0.5, 0.6) is 0 Å². The van der Waals surface area contributed by atoms with Crippen molar-refractivity contribution in [2.24, 2.45) is 10.7 Å². The summed E-state index contributed by atoms with van der Waals surface area (Å²) in [5, 5.41) is 2.87. The van der Waals surface area contributed by atoms with Gasteiger partial charge in [-0.2, -0.15) is 13.2 Å². The molecule has 27 heavy (non-hydrogen) atoms. The van der Waals surface area contributed by atoms with Crippen molar-refractivity contribution in [1.29, 1.82) is 0 Å². The molecule has 2 rings (SSSR count). The molecule has 0 aromatic heterocycles. The standard InChI is InChI=1S/C18H23F3N4O.HI/c19-18(20,21)16-6-4-15(5-7-16)3-1-8-23-17(22)24-9-2-10-25-11-13-26-14-12-25;/h4-7H,2,8-14H2,(H3,22,23,24);1H. The van der Waals surface area contributed by atoms with Crippen LogP contribution in [-0.2, 0) is 10.9 Å². The second-order valence-electron chi connectivity index (χ2n) is 5.80. The van der Waals surface area contributed by atoms with E-state index in [4.69, 9.17) is 10.5 Å². The monoisotopic (exact) mass is 496 g/mol. The zero-order chi connectivity index (χ0) is 18.8. The number of ether oxygens (including phenoxy) is 1. The van der Waals surface area contributed by atoms with Gasteiger partial charge in [0.05, 0.1) is 25.3 Å². The van der Waals surface area contributed by atoms with Gasteiger partial charge in [0.15, 0.2) is 5.96 Å². The molecule has 5 nitrogen and oxygen atoms in total. The summed E-state index contributed by atoms with van der Waals surface area (Å²) >= 11 is 0. The third-order valence-electron chi connectivity index (χ3n) is 3.82. The van der Waals surface area contributed by atoms with E-state index in [0.717, 1.165) is 51.4 Å². The summed E-state index contributed by atoms with van der Waals surface area (Å²) in [5.41, 5.74) is 5.58. The lowest BCUT2D eigenvalue weighted by molar-refractivity contribution is -0.137. The van der Waals surface area contributed by atoms with E-state index in [2.05, 4.69) is 27.0 Å². The summed E-state index contributed by atoms with van der Waals surface area (Å²) in [6.45, 7) is 5.35. The average Bonchev–Trinajstić information content (AvgIpc) is 2.63. The number of rotatable bonds is 5. The maximum Gasteiger partial charge on any atom is 0.416 e. The summed E-state index contributed by atoms with van der Waals surface area (Å²) in [5.74, 6) is 5.90. The molecule has 0 radical (unpaired) electrons. The smallest absolute Gasteiger partial charge is 0.379 e. The lowest BCUT2D eigenvalue weighted by Gasteiger charge is -2.26. The highest BCUT2D eigenvalue weighted by molar-refractivity contribution is 14.0. The predicted molar refractivity (Wildman–Crippen MR) is 110 cm³/mol. The average molecular weight is 496 g/mol. The minimum Gasteiger partial charge on any atom is -0.379 e. The number of nitrogens with zero attached hydrogens (tertiary/aromatic N) is 2. The molecule has 3 N–H and O–H groups in total. The van der Waals surface area contributed by atoms with Gasteiger partial charge in [0.1, 0.15) is 0 Å². The maximum absolute atomic E-state index is 12.5. The first-order chi connectivity index (χ1) is 12.4. The highest BCUT2D eigenvalue weighted by Gasteiger charge is 2.29. The Labute approximate surface area is 174 Å². The quantitative estimate of drug-likeness (QED) is 0.216. The van der Waals surface area contributed by atoms with E-state index in [1.807, 2.05) is 0 Å². The zero-order valence-electron chi connectivity index (χ0n) is 14.9. The number of alkyl halides is 3. The number of nitrogens with one attached hydrogen (secondary N) is 1. The van der Waals surface area contributed by atoms with E-state index in [-0.39, 0.29) is 30.5 Å². The molecule has 0 spiro atoms. The van der Waals surface area contributed by atoms with Gasteiger partial charge in [0.2, 0.25) is 0 Å². The Morgan fingerprint density at radius 2 is 1.89 bits per heavy atom. The molecule has 0 aliphatic carbocycles. The molecule has 1 aliphatic rings. The minimum atomic E-state index is -4.33. The molecule has 0 unspecified atom stereocenters. The number of hydrogen-bond acceptors (Lipinski definition) is 3. The van der Waals surface area contributed by atoms with Gasteiger partial charge in [-0.05, 0) is 30.7 Å². The highest BCUT2D eigenvalue weighted by atomic mass is 127. The normalized spacial score (nSPS) is 15.4. The van der Waals surface area contributed by atoms with Crippen molar-refractivity contribution in [1.82, 2.24) is 10.2 Å². The Morgan fingerprint density at radius 3 is 2.52 bits per heavy atom. The van der Waals surface area contributed by atoms with Crippen LogP contribution < -0.4 is 11.1 Å². The van der Waals surface area contributed by atoms with E-state index < -0.39 is 11.7 Å². The first-order valence-corrected chi connectivity index (χ1v) is 8.45. The fourth-order valence-electron chi connectivity index (χ4n) is 2.40. The number of morpholine rings is 1. The van der Waals surface area contributed by atoms with Crippen LogP contribution in [0.1, 0.15) is 17.5 Å². The topological polar surface area (TPSA) is 62.9 Å². The number of nitrogens with two attached hydrogens (primary N) is 1. The number of aliphatic imine (C=N–C) groups is 1. The number of benzene rings is 1. The number of halogens is 4. The van der Waals surface area contributed by atoms with E-state index in [0.29, 0.717) is 18.1 Å². The Bertz CT molecular complexity index is 647. The van der Waals surface area contributed by atoms with Gasteiger partial charge in [0, 0.05) is 31.7 Å². The van der Waals surface area contributed by atoms with Gasteiger partial charge in [-0.3, -0.25) is 9.89 Å². The third-order valence-corrected chi connectivity index (χ3v) is 3.82. The van der Waals surface area contributed by atoms with Gasteiger partial charge in [0.25, 0.3) is 0 Å². The van der Waals surface area contributed by atoms with Crippen molar-refractivity contribution in [3.05, 3.63) is 35.4 Å². The molecule has 1 aromatic rings. The van der Waals surface area contributed by atoms with Gasteiger partial charge in [-0.1, -0.05) is 11.8 Å². The Morgan fingerprint density at radius 1 is 1.22 bits per heavy atom. The molecule has 1 aliphatic heterocycles. The molecule has 0 amide bonds. The molecule has 1 heterocycles. The SMILES string of the molecule is I.NC(=NCCCN1CCOCC1)NCC#Cc1ccc(C(F)(F)F)cc1. The second kappa shape index (κ2) is 12.0. The van der Waals surface area contributed by atoms with Crippen LogP contribution in [0.25, 0.3) is 0 Å². The highest BCUT2D eigenvalue weighted by Crippen LogP contribution is 2.28. The molecule has 1 aromatic carbocycles. The molecule has 1 saturated heterocycles. The minimum absolute atomic E-state index is 0. The van der Waals surface area contributed by atoms with Crippen LogP contribution in [-0.4, -0.2) is 56.8 Å². The van der Waals surface area contributed by atoms with Gasteiger partial charge in [-0.25, -0.2) is 0 Å². The molecule has 1 fully saturated rings. The van der Waals surface area contributed by atoms with Crippen molar-refractivity contribution in [3.8, 4) is 11.8 Å². The Balaban J connectivity index is 0.00000364. The van der Waals surface area contributed by atoms with Crippen LogP contribution in [0.2, 0.25) is 0 Å². The number of hydrogen-bond donors (Lipinski definition) is 2. The van der Waals surface area contributed by atoms with Crippen molar-refractivity contribution in [3.63, 3.8) is 0 Å². The van der Waals surface area contributed by atoms with Crippen LogP contribution in [0.15, 0.2) is 29.3 Å². The lowest BCUT2D eigenvalue weighted by Crippen LogP contribution is -2.37. The fourth-order valence-corrected chi connectivity index (χ4v) is 2.40. The van der Waals surface area contributed by atoms with Crippen molar-refractivity contribution in [2.45, 2.75) is 12.6 Å². The number of guanidine groups is 1. The maximum atomic E-state index is 12.5. The summed E-state index contributed by atoms with van der Waals surface area (Å²) < 4.78 is 42.7. The van der Waals surface area contributed by atoms with Crippen LogP contribution >= 0.6 is 24.0 Å². The molecular weight excluding hydrogens is 472 g/mol. The summed E-state index contributed by atoms with van der Waals surface area (Å²) in [6, 6.07) is 4.72. The van der Waals surface area contributed by atoms with E-state index in [1.165, 1.54) is 12.1 Å². The lowest BCUT2D eigenvalue weighted by atomic mass is 10.1. The Kier molecular flexibility index (Phi) is 10.5. The Hall–Kier alpha value is -1.51. The van der Waals surface area contributed by atoms with Crippen LogP contribution in [0.4, 0.5) is 13.2 Å². The van der Waals surface area contributed by atoms with Gasteiger partial charge in [-0.15, -0.1) is 24.0 Å². The molecular formula is C18H24F3IN4O. The summed E-state index contributed by atoms with van der Waals surface area (Å²) in [7, 11) is 0. The van der Waals surface area contributed by atoms with Crippen molar-refractivity contribution >= 4 is 29.9 Å². The van der Waals surface area contributed by atoms with E-state index in [9.17, 15) is 13.2 Å². The molecule has 0 saturated carbocycles.